The van der Waals surface area contributed by atoms with Crippen LogP contribution < -0.4 is 10.6 Å². The molecule has 5 heteroatoms. The average molecular weight is 366 g/mol. The van der Waals surface area contributed by atoms with Crippen molar-refractivity contribution in [2.24, 2.45) is 4.99 Å². The van der Waals surface area contributed by atoms with E-state index in [0.29, 0.717) is 0 Å². The van der Waals surface area contributed by atoms with Gasteiger partial charge >= 0.3 is 0 Å². The fraction of sp³-hybridized carbons (Fsp3) is 0.923. The van der Waals surface area contributed by atoms with Crippen molar-refractivity contribution in [3.63, 3.8) is 0 Å². The molecule has 2 heterocycles. The summed E-state index contributed by atoms with van der Waals surface area (Å²) in [6.07, 6.45) is 6.55. The van der Waals surface area contributed by atoms with E-state index in [1.165, 1.54) is 38.8 Å². The van der Waals surface area contributed by atoms with Gasteiger partial charge in [-0.15, -0.1) is 24.0 Å². The third kappa shape index (κ3) is 5.30. The van der Waals surface area contributed by atoms with Gasteiger partial charge in [0.25, 0.3) is 0 Å². The molecule has 106 valence electrons. The second-order valence-corrected chi connectivity index (χ2v) is 5.17. The summed E-state index contributed by atoms with van der Waals surface area (Å²) < 4.78 is 0. The van der Waals surface area contributed by atoms with Crippen LogP contribution in [-0.2, 0) is 0 Å². The molecule has 4 nitrogen and oxygen atoms in total. The molecule has 1 fully saturated rings. The molecule has 1 unspecified atom stereocenters. The zero-order valence-electron chi connectivity index (χ0n) is 11.5. The third-order valence-corrected chi connectivity index (χ3v) is 3.75. The first-order valence-electron chi connectivity index (χ1n) is 7.12. The summed E-state index contributed by atoms with van der Waals surface area (Å²) in [5.41, 5.74) is 0. The van der Waals surface area contributed by atoms with Gasteiger partial charge in [0.2, 0.25) is 0 Å². The zero-order chi connectivity index (χ0) is 11.9. The van der Waals surface area contributed by atoms with E-state index >= 15 is 0 Å². The standard InChI is InChI=1S/C13H26N4.HI/c1-12-6-2-3-10-17(12)11-5-9-16-13-14-7-4-8-15-13;/h12H,2-11H2,1H3,(H2,14,15,16);1H. The number of rotatable bonds is 4. The molecule has 2 aliphatic heterocycles. The van der Waals surface area contributed by atoms with Crippen molar-refractivity contribution in [3.8, 4) is 0 Å². The minimum absolute atomic E-state index is 0. The molecule has 18 heavy (non-hydrogen) atoms. The predicted octanol–water partition coefficient (Wildman–Crippen LogP) is 1.81. The number of likely N-dealkylation sites (tertiary alicyclic amines) is 1. The summed E-state index contributed by atoms with van der Waals surface area (Å²) in [5, 5.41) is 6.68. The minimum Gasteiger partial charge on any atom is -0.356 e. The number of aliphatic imine (C=N–C) groups is 1. The SMILES string of the molecule is CC1CCCCN1CCCNC1=NCCCN1.I. The number of hydrogen-bond donors (Lipinski definition) is 2. The largest absolute Gasteiger partial charge is 0.356 e. The molecule has 0 bridgehead atoms. The van der Waals surface area contributed by atoms with E-state index in [9.17, 15) is 0 Å². The van der Waals surface area contributed by atoms with Gasteiger partial charge in [0.1, 0.15) is 0 Å². The van der Waals surface area contributed by atoms with E-state index in [4.69, 9.17) is 0 Å². The highest BCUT2D eigenvalue weighted by Gasteiger charge is 2.17. The van der Waals surface area contributed by atoms with Gasteiger partial charge in [-0.2, -0.15) is 0 Å². The molecule has 1 saturated heterocycles. The molecule has 2 aliphatic rings. The number of hydrogen-bond acceptors (Lipinski definition) is 4. The van der Waals surface area contributed by atoms with Gasteiger partial charge in [-0.3, -0.25) is 4.99 Å². The van der Waals surface area contributed by atoms with Crippen molar-refractivity contribution in [3.05, 3.63) is 0 Å². The van der Waals surface area contributed by atoms with E-state index in [1.807, 2.05) is 0 Å². The third-order valence-electron chi connectivity index (χ3n) is 3.75. The number of piperidine rings is 1. The van der Waals surface area contributed by atoms with Crippen molar-refractivity contribution in [2.45, 2.75) is 45.1 Å². The molecule has 0 aliphatic carbocycles. The Morgan fingerprint density at radius 3 is 3.00 bits per heavy atom. The molecule has 0 radical (unpaired) electrons. The van der Waals surface area contributed by atoms with Crippen LogP contribution in [0.15, 0.2) is 4.99 Å². The van der Waals surface area contributed by atoms with Crippen LogP contribution in [0.25, 0.3) is 0 Å². The molecule has 2 N–H and O–H groups in total. The van der Waals surface area contributed by atoms with E-state index in [2.05, 4.69) is 27.4 Å². The number of nitrogens with zero attached hydrogens (tertiary/aromatic N) is 2. The van der Waals surface area contributed by atoms with Gasteiger partial charge in [0.05, 0.1) is 0 Å². The van der Waals surface area contributed by atoms with Crippen molar-refractivity contribution < 1.29 is 0 Å². The fourth-order valence-electron chi connectivity index (χ4n) is 2.63. The Hall–Kier alpha value is -0.0400. The predicted molar refractivity (Wildman–Crippen MR) is 87.8 cm³/mol. The first-order valence-corrected chi connectivity index (χ1v) is 7.12. The topological polar surface area (TPSA) is 39.7 Å². The van der Waals surface area contributed by atoms with Gasteiger partial charge in [-0.25, -0.2) is 0 Å². The van der Waals surface area contributed by atoms with E-state index < -0.39 is 0 Å². The average Bonchev–Trinajstić information content (AvgIpc) is 2.38. The Morgan fingerprint density at radius 1 is 1.39 bits per heavy atom. The molecule has 0 spiro atoms. The zero-order valence-corrected chi connectivity index (χ0v) is 13.8. The summed E-state index contributed by atoms with van der Waals surface area (Å²) in [7, 11) is 0. The van der Waals surface area contributed by atoms with Crippen LogP contribution >= 0.6 is 24.0 Å². The summed E-state index contributed by atoms with van der Waals surface area (Å²) in [6, 6.07) is 0.786. The lowest BCUT2D eigenvalue weighted by Gasteiger charge is -2.33. The van der Waals surface area contributed by atoms with Crippen LogP contribution in [0.5, 0.6) is 0 Å². The first-order chi connectivity index (χ1) is 8.36. The van der Waals surface area contributed by atoms with Gasteiger partial charge < -0.3 is 15.5 Å². The van der Waals surface area contributed by atoms with Crippen molar-refractivity contribution >= 4 is 29.9 Å². The highest BCUT2D eigenvalue weighted by atomic mass is 127. The smallest absolute Gasteiger partial charge is 0.191 e. The number of halogens is 1. The van der Waals surface area contributed by atoms with Crippen molar-refractivity contribution in [1.82, 2.24) is 15.5 Å². The maximum absolute atomic E-state index is 4.41. The Morgan fingerprint density at radius 2 is 2.28 bits per heavy atom. The second kappa shape index (κ2) is 8.96. The van der Waals surface area contributed by atoms with Crippen LogP contribution in [0.4, 0.5) is 0 Å². The van der Waals surface area contributed by atoms with Crippen LogP contribution in [0.2, 0.25) is 0 Å². The lowest BCUT2D eigenvalue weighted by Crippen LogP contribution is -2.43. The Bertz CT molecular complexity index is 257. The Labute approximate surface area is 128 Å². The quantitative estimate of drug-likeness (QED) is 0.589. The highest BCUT2D eigenvalue weighted by molar-refractivity contribution is 14.0. The summed E-state index contributed by atoms with van der Waals surface area (Å²) >= 11 is 0. The molecule has 0 aromatic heterocycles. The summed E-state index contributed by atoms with van der Waals surface area (Å²) in [6.45, 7) is 7.95. The monoisotopic (exact) mass is 366 g/mol. The van der Waals surface area contributed by atoms with Gasteiger partial charge in [-0.05, 0) is 39.2 Å². The molecule has 0 aromatic carbocycles. The fourth-order valence-corrected chi connectivity index (χ4v) is 2.63. The first kappa shape index (κ1) is 16.0. The number of guanidine groups is 1. The molecule has 0 amide bonds. The van der Waals surface area contributed by atoms with Gasteiger partial charge in [0, 0.05) is 32.2 Å². The lowest BCUT2D eigenvalue weighted by molar-refractivity contribution is 0.159. The van der Waals surface area contributed by atoms with E-state index in [-0.39, 0.29) is 24.0 Å². The molecule has 1 atom stereocenters. The van der Waals surface area contributed by atoms with Crippen LogP contribution in [-0.4, -0.2) is 49.6 Å². The Balaban J connectivity index is 0.00000162. The molecular formula is C13H27IN4. The molecule has 2 rings (SSSR count). The minimum atomic E-state index is 0. The van der Waals surface area contributed by atoms with Crippen LogP contribution in [0, 0.1) is 0 Å². The summed E-state index contributed by atoms with van der Waals surface area (Å²) in [4.78, 5) is 7.04. The molecule has 0 aromatic rings. The van der Waals surface area contributed by atoms with Crippen LogP contribution in [0.3, 0.4) is 0 Å². The van der Waals surface area contributed by atoms with Crippen molar-refractivity contribution in [2.75, 3.05) is 32.7 Å². The highest BCUT2D eigenvalue weighted by Crippen LogP contribution is 2.15. The van der Waals surface area contributed by atoms with Crippen LogP contribution in [0.1, 0.15) is 39.0 Å². The summed E-state index contributed by atoms with van der Waals surface area (Å²) in [5.74, 6) is 1.00. The van der Waals surface area contributed by atoms with E-state index in [1.54, 1.807) is 0 Å². The molecular weight excluding hydrogens is 339 g/mol. The van der Waals surface area contributed by atoms with Gasteiger partial charge in [-0.1, -0.05) is 6.42 Å². The van der Waals surface area contributed by atoms with E-state index in [0.717, 1.165) is 38.1 Å². The Kier molecular flexibility index (Phi) is 7.97. The van der Waals surface area contributed by atoms with Crippen molar-refractivity contribution in [1.29, 1.82) is 0 Å². The maximum Gasteiger partial charge on any atom is 0.191 e. The maximum atomic E-state index is 4.41. The number of nitrogens with one attached hydrogen (secondary N) is 2. The van der Waals surface area contributed by atoms with Gasteiger partial charge in [0.15, 0.2) is 5.96 Å². The normalized spacial score (nSPS) is 24.7. The molecule has 0 saturated carbocycles. The second-order valence-electron chi connectivity index (χ2n) is 5.17. The lowest BCUT2D eigenvalue weighted by atomic mass is 10.0.